The van der Waals surface area contributed by atoms with Crippen molar-refractivity contribution in [1.29, 1.82) is 0 Å². The number of nitrogens with one attached hydrogen (secondary N) is 1. The van der Waals surface area contributed by atoms with E-state index in [1.165, 1.54) is 0 Å². The molecule has 4 atom stereocenters. The molecule has 0 bridgehead atoms. The molecule has 2 amide bonds. The molecule has 176 valence electrons. The maximum atomic E-state index is 13.3. The molecule has 3 aliphatic heterocycles. The van der Waals surface area contributed by atoms with Crippen LogP contribution in [0.2, 0.25) is 0 Å². The van der Waals surface area contributed by atoms with Crippen LogP contribution in [0.25, 0.3) is 0 Å². The number of carbonyl (C=O) groups excluding carboxylic acids is 2. The van der Waals surface area contributed by atoms with Crippen molar-refractivity contribution in [1.82, 2.24) is 15.2 Å². The van der Waals surface area contributed by atoms with Gasteiger partial charge in [-0.2, -0.15) is 0 Å². The number of aliphatic hydroxyl groups excluding tert-OH is 1. The first-order valence-electron chi connectivity index (χ1n) is 11.5. The van der Waals surface area contributed by atoms with Crippen LogP contribution in [-0.2, 0) is 30.3 Å². The second kappa shape index (κ2) is 11.2. The van der Waals surface area contributed by atoms with Gasteiger partial charge in [0.2, 0.25) is 11.8 Å². The molecule has 0 unspecified atom stereocenters. The lowest BCUT2D eigenvalue weighted by Gasteiger charge is -2.45. The average Bonchev–Trinajstić information content (AvgIpc) is 2.81. The van der Waals surface area contributed by atoms with E-state index in [1.807, 2.05) is 17.0 Å². The lowest BCUT2D eigenvalue weighted by molar-refractivity contribution is -0.173. The number of nitrogens with zero attached hydrogens (tertiary/aromatic N) is 2. The lowest BCUT2D eigenvalue weighted by atomic mass is 9.91. The predicted molar refractivity (Wildman–Crippen MR) is 114 cm³/mol. The summed E-state index contributed by atoms with van der Waals surface area (Å²) in [7, 11) is 0. The summed E-state index contributed by atoms with van der Waals surface area (Å²) in [5, 5.41) is 13.2. The quantitative estimate of drug-likeness (QED) is 0.682. The Morgan fingerprint density at radius 2 is 1.88 bits per heavy atom. The SMILES string of the molecule is O=C(C[C@H]1CC[C@@H]2[C@H](COC[C@@H](O)CN2C(=O)C2CCOCC2)O1)NCc1ccncc1. The molecule has 9 heteroatoms. The Morgan fingerprint density at radius 3 is 2.66 bits per heavy atom. The van der Waals surface area contributed by atoms with Crippen molar-refractivity contribution in [2.75, 3.05) is 33.0 Å². The fourth-order valence-corrected chi connectivity index (χ4v) is 4.75. The van der Waals surface area contributed by atoms with Crippen molar-refractivity contribution in [3.05, 3.63) is 30.1 Å². The van der Waals surface area contributed by atoms with Crippen LogP contribution in [-0.4, -0.2) is 84.1 Å². The van der Waals surface area contributed by atoms with Crippen molar-refractivity contribution in [2.24, 2.45) is 5.92 Å². The number of carbonyl (C=O) groups is 2. The van der Waals surface area contributed by atoms with E-state index in [2.05, 4.69) is 10.3 Å². The molecule has 4 heterocycles. The first kappa shape index (κ1) is 23.1. The Morgan fingerprint density at radius 1 is 1.09 bits per heavy atom. The number of amides is 2. The van der Waals surface area contributed by atoms with Gasteiger partial charge in [-0.1, -0.05) is 0 Å². The zero-order valence-electron chi connectivity index (χ0n) is 18.4. The van der Waals surface area contributed by atoms with Gasteiger partial charge in [-0.15, -0.1) is 0 Å². The molecule has 0 aliphatic carbocycles. The largest absolute Gasteiger partial charge is 0.389 e. The first-order chi connectivity index (χ1) is 15.6. The fourth-order valence-electron chi connectivity index (χ4n) is 4.75. The van der Waals surface area contributed by atoms with Gasteiger partial charge >= 0.3 is 0 Å². The summed E-state index contributed by atoms with van der Waals surface area (Å²) in [4.78, 5) is 31.5. The smallest absolute Gasteiger partial charge is 0.226 e. The molecule has 1 aromatic heterocycles. The van der Waals surface area contributed by atoms with Crippen LogP contribution >= 0.6 is 0 Å². The second-order valence-electron chi connectivity index (χ2n) is 8.85. The number of β-amino-alcohol motifs (C(OH)–C–C–N with tert-alkyl or cyclic N) is 1. The van der Waals surface area contributed by atoms with Gasteiger partial charge < -0.3 is 29.5 Å². The number of aromatic nitrogens is 1. The summed E-state index contributed by atoms with van der Waals surface area (Å²) in [5.74, 6) is -0.0717. The van der Waals surface area contributed by atoms with Gasteiger partial charge in [-0.25, -0.2) is 0 Å². The predicted octanol–water partition coefficient (Wildman–Crippen LogP) is 0.650. The minimum absolute atomic E-state index is 0.0671. The van der Waals surface area contributed by atoms with Crippen molar-refractivity contribution in [2.45, 2.75) is 63.0 Å². The van der Waals surface area contributed by atoms with Gasteiger partial charge in [0.15, 0.2) is 0 Å². The summed E-state index contributed by atoms with van der Waals surface area (Å²) in [6.07, 6.45) is 5.24. The summed E-state index contributed by atoms with van der Waals surface area (Å²) >= 11 is 0. The van der Waals surface area contributed by atoms with Gasteiger partial charge in [-0.3, -0.25) is 14.6 Å². The van der Waals surface area contributed by atoms with Gasteiger partial charge in [0.05, 0.1) is 37.9 Å². The number of hydrogen-bond donors (Lipinski definition) is 2. The Hall–Kier alpha value is -2.07. The molecule has 3 aliphatic rings. The monoisotopic (exact) mass is 447 g/mol. The van der Waals surface area contributed by atoms with E-state index in [-0.39, 0.29) is 55.6 Å². The molecule has 9 nitrogen and oxygen atoms in total. The number of pyridine rings is 1. The Balaban J connectivity index is 1.34. The van der Waals surface area contributed by atoms with E-state index in [0.717, 1.165) is 12.0 Å². The normalized spacial score (nSPS) is 29.5. The summed E-state index contributed by atoms with van der Waals surface area (Å²) in [6.45, 7) is 2.36. The number of hydrogen-bond acceptors (Lipinski definition) is 7. The third-order valence-corrected chi connectivity index (χ3v) is 6.49. The Kier molecular flexibility index (Phi) is 8.07. The Bertz CT molecular complexity index is 757. The molecule has 0 spiro atoms. The van der Waals surface area contributed by atoms with Crippen molar-refractivity contribution < 1.29 is 28.9 Å². The number of rotatable bonds is 5. The van der Waals surface area contributed by atoms with E-state index in [4.69, 9.17) is 14.2 Å². The fraction of sp³-hybridized carbons (Fsp3) is 0.696. The summed E-state index contributed by atoms with van der Waals surface area (Å²) in [5.41, 5.74) is 0.993. The molecule has 0 radical (unpaired) electrons. The van der Waals surface area contributed by atoms with E-state index in [1.54, 1.807) is 12.4 Å². The molecule has 4 rings (SSSR count). The van der Waals surface area contributed by atoms with Crippen molar-refractivity contribution >= 4 is 11.8 Å². The molecule has 1 aromatic rings. The third kappa shape index (κ3) is 6.04. The van der Waals surface area contributed by atoms with E-state index in [9.17, 15) is 14.7 Å². The van der Waals surface area contributed by atoms with Gasteiger partial charge in [0.25, 0.3) is 0 Å². The molecule has 0 aromatic carbocycles. The second-order valence-corrected chi connectivity index (χ2v) is 8.85. The zero-order chi connectivity index (χ0) is 22.3. The van der Waals surface area contributed by atoms with Gasteiger partial charge in [0.1, 0.15) is 6.10 Å². The van der Waals surface area contributed by atoms with Crippen LogP contribution in [0.1, 0.15) is 37.7 Å². The summed E-state index contributed by atoms with van der Waals surface area (Å²) < 4.78 is 17.3. The average molecular weight is 448 g/mol. The highest BCUT2D eigenvalue weighted by atomic mass is 16.5. The molecular weight excluding hydrogens is 414 g/mol. The number of ether oxygens (including phenoxy) is 3. The lowest BCUT2D eigenvalue weighted by Crippen LogP contribution is -2.58. The minimum Gasteiger partial charge on any atom is -0.389 e. The minimum atomic E-state index is -0.712. The molecule has 3 fully saturated rings. The Labute approximate surface area is 188 Å². The molecule has 2 N–H and O–H groups in total. The standard InChI is InChI=1S/C23H33N3O6/c27-18-13-26(23(29)17-5-9-30-10-6-17)20-2-1-19(32-21(20)15-31-14-18)11-22(28)25-12-16-3-7-24-8-4-16/h3-4,7-8,17-21,27H,1-2,5-6,9-15H2,(H,25,28)/t18-,19+,20+,21-/m0/s1. The van der Waals surface area contributed by atoms with Crippen LogP contribution in [0.5, 0.6) is 0 Å². The number of aliphatic hydroxyl groups is 1. The number of fused-ring (bicyclic) bond motifs is 1. The highest BCUT2D eigenvalue weighted by molar-refractivity contribution is 5.79. The topological polar surface area (TPSA) is 110 Å². The van der Waals surface area contributed by atoms with Crippen LogP contribution in [0.15, 0.2) is 24.5 Å². The first-order valence-corrected chi connectivity index (χ1v) is 11.5. The highest BCUT2D eigenvalue weighted by Crippen LogP contribution is 2.30. The van der Waals surface area contributed by atoms with Crippen LogP contribution in [0, 0.1) is 5.92 Å². The molecule has 32 heavy (non-hydrogen) atoms. The van der Waals surface area contributed by atoms with Crippen molar-refractivity contribution in [3.8, 4) is 0 Å². The van der Waals surface area contributed by atoms with E-state index >= 15 is 0 Å². The maximum absolute atomic E-state index is 13.3. The van der Waals surface area contributed by atoms with E-state index in [0.29, 0.717) is 45.6 Å². The molecule has 3 saturated heterocycles. The molecular formula is C23H33N3O6. The van der Waals surface area contributed by atoms with Crippen LogP contribution in [0.3, 0.4) is 0 Å². The van der Waals surface area contributed by atoms with Gasteiger partial charge in [0, 0.05) is 44.6 Å². The maximum Gasteiger partial charge on any atom is 0.226 e. The van der Waals surface area contributed by atoms with Gasteiger partial charge in [-0.05, 0) is 43.4 Å². The third-order valence-electron chi connectivity index (χ3n) is 6.49. The van der Waals surface area contributed by atoms with Crippen LogP contribution in [0.4, 0.5) is 0 Å². The van der Waals surface area contributed by atoms with Crippen LogP contribution < -0.4 is 5.32 Å². The summed E-state index contributed by atoms with van der Waals surface area (Å²) in [6, 6.07) is 3.58. The zero-order valence-corrected chi connectivity index (χ0v) is 18.4. The van der Waals surface area contributed by atoms with Crippen molar-refractivity contribution in [3.63, 3.8) is 0 Å². The molecule has 0 saturated carbocycles. The van der Waals surface area contributed by atoms with E-state index < -0.39 is 6.10 Å². The highest BCUT2D eigenvalue weighted by Gasteiger charge is 2.41.